The number of nitrogen functional groups attached to an aromatic ring is 1. The zero-order valence-electron chi connectivity index (χ0n) is 8.88. The molecular weight excluding hydrogens is 250 g/mol. The third-order valence-corrected chi connectivity index (χ3v) is 2.20. The second kappa shape index (κ2) is 4.56. The molecule has 0 fully saturated rings. The van der Waals surface area contributed by atoms with Crippen LogP contribution in [0.5, 0.6) is 11.5 Å². The number of hydrogen-bond acceptors (Lipinski definition) is 2. The predicted molar refractivity (Wildman–Crippen MR) is 57.2 cm³/mol. The smallest absolute Gasteiger partial charge is 0.204 e. The Hall–Kier alpha value is -2.24. The van der Waals surface area contributed by atoms with Crippen LogP contribution in [0.25, 0.3) is 0 Å². The average Bonchev–Trinajstić information content (AvgIpc) is 2.34. The van der Waals surface area contributed by atoms with E-state index >= 15 is 0 Å². The van der Waals surface area contributed by atoms with Crippen LogP contribution >= 0.6 is 0 Å². The first-order chi connectivity index (χ1) is 8.50. The highest BCUT2D eigenvalue weighted by Gasteiger charge is 2.21. The molecule has 0 saturated carbocycles. The number of para-hydroxylation sites is 2. The van der Waals surface area contributed by atoms with Crippen molar-refractivity contribution in [3.05, 3.63) is 53.6 Å². The van der Waals surface area contributed by atoms with E-state index in [1.807, 2.05) is 0 Å². The molecule has 0 unspecified atom stereocenters. The summed E-state index contributed by atoms with van der Waals surface area (Å²) >= 11 is 0. The van der Waals surface area contributed by atoms with Crippen LogP contribution in [0.3, 0.4) is 0 Å². The summed E-state index contributed by atoms with van der Waals surface area (Å²) in [5.74, 6) is -7.57. The van der Waals surface area contributed by atoms with Crippen LogP contribution in [0.2, 0.25) is 0 Å². The Balaban J connectivity index is 2.50. The molecule has 2 rings (SSSR count). The van der Waals surface area contributed by atoms with Crippen molar-refractivity contribution in [2.24, 2.45) is 0 Å². The first-order valence-electron chi connectivity index (χ1n) is 4.86. The summed E-state index contributed by atoms with van der Waals surface area (Å²) in [6.45, 7) is 0. The van der Waals surface area contributed by atoms with E-state index in [2.05, 4.69) is 0 Å². The first kappa shape index (κ1) is 12.2. The molecule has 0 aliphatic heterocycles. The van der Waals surface area contributed by atoms with Gasteiger partial charge in [-0.1, -0.05) is 12.1 Å². The number of ether oxygens (including phenoxy) is 1. The fourth-order valence-electron chi connectivity index (χ4n) is 1.32. The minimum absolute atomic E-state index is 0.0842. The molecular formula is C12H7F4NO. The molecule has 0 spiro atoms. The maximum absolute atomic E-state index is 13.3. The van der Waals surface area contributed by atoms with Gasteiger partial charge in [0, 0.05) is 6.07 Å². The van der Waals surface area contributed by atoms with Gasteiger partial charge in [0.2, 0.25) is 17.4 Å². The average molecular weight is 257 g/mol. The van der Waals surface area contributed by atoms with Crippen molar-refractivity contribution in [1.29, 1.82) is 0 Å². The molecule has 0 aliphatic rings. The normalized spacial score (nSPS) is 10.4. The molecule has 94 valence electrons. The zero-order chi connectivity index (χ0) is 13.3. The largest absolute Gasteiger partial charge is 0.449 e. The van der Waals surface area contributed by atoms with Gasteiger partial charge < -0.3 is 10.5 Å². The number of hydrogen-bond donors (Lipinski definition) is 1. The molecule has 2 aromatic carbocycles. The summed E-state index contributed by atoms with van der Waals surface area (Å²) in [6.07, 6.45) is 0. The van der Waals surface area contributed by atoms with Crippen LogP contribution in [0.4, 0.5) is 23.2 Å². The molecule has 2 N–H and O–H groups in total. The SMILES string of the molecule is Nc1ccccc1Oc1c(F)c(F)cc(F)c1F. The van der Waals surface area contributed by atoms with E-state index < -0.39 is 29.0 Å². The van der Waals surface area contributed by atoms with E-state index in [0.29, 0.717) is 0 Å². The molecule has 6 heteroatoms. The van der Waals surface area contributed by atoms with Gasteiger partial charge in [0.15, 0.2) is 17.4 Å². The Labute approximate surface area is 99.6 Å². The maximum atomic E-state index is 13.3. The fourth-order valence-corrected chi connectivity index (χ4v) is 1.32. The molecule has 0 saturated heterocycles. The molecule has 0 radical (unpaired) electrons. The third-order valence-electron chi connectivity index (χ3n) is 2.20. The Morgan fingerprint density at radius 2 is 1.44 bits per heavy atom. The van der Waals surface area contributed by atoms with Crippen LogP contribution in [-0.2, 0) is 0 Å². The van der Waals surface area contributed by atoms with Crippen molar-refractivity contribution < 1.29 is 22.3 Å². The van der Waals surface area contributed by atoms with Crippen molar-refractivity contribution >= 4 is 5.69 Å². The molecule has 0 bridgehead atoms. The molecule has 2 aromatic rings. The Morgan fingerprint density at radius 3 is 2.00 bits per heavy atom. The minimum atomic E-state index is -1.61. The van der Waals surface area contributed by atoms with Crippen molar-refractivity contribution in [1.82, 2.24) is 0 Å². The highest BCUT2D eigenvalue weighted by Crippen LogP contribution is 2.33. The quantitative estimate of drug-likeness (QED) is 0.506. The van der Waals surface area contributed by atoms with E-state index in [4.69, 9.17) is 10.5 Å². The van der Waals surface area contributed by atoms with Crippen molar-refractivity contribution in [2.45, 2.75) is 0 Å². The molecule has 0 aliphatic carbocycles. The van der Waals surface area contributed by atoms with E-state index in [-0.39, 0.29) is 17.5 Å². The van der Waals surface area contributed by atoms with E-state index in [9.17, 15) is 17.6 Å². The van der Waals surface area contributed by atoms with Crippen LogP contribution in [0.1, 0.15) is 0 Å². The maximum Gasteiger partial charge on any atom is 0.204 e. The fraction of sp³-hybridized carbons (Fsp3) is 0. The highest BCUT2D eigenvalue weighted by molar-refractivity contribution is 5.53. The lowest BCUT2D eigenvalue weighted by molar-refractivity contribution is 0.367. The van der Waals surface area contributed by atoms with E-state index in [1.54, 1.807) is 6.07 Å². The summed E-state index contributed by atoms with van der Waals surface area (Å²) in [5, 5.41) is 0. The number of nitrogens with two attached hydrogens (primary N) is 1. The van der Waals surface area contributed by atoms with Gasteiger partial charge in [-0.25, -0.2) is 8.78 Å². The number of benzene rings is 2. The zero-order valence-corrected chi connectivity index (χ0v) is 8.88. The summed E-state index contributed by atoms with van der Waals surface area (Å²) < 4.78 is 57.3. The van der Waals surface area contributed by atoms with Gasteiger partial charge >= 0.3 is 0 Å². The monoisotopic (exact) mass is 257 g/mol. The Bertz CT molecular complexity index is 575. The lowest BCUT2D eigenvalue weighted by Gasteiger charge is -2.10. The van der Waals surface area contributed by atoms with Crippen LogP contribution in [0, 0.1) is 23.3 Å². The molecule has 18 heavy (non-hydrogen) atoms. The van der Waals surface area contributed by atoms with Crippen LogP contribution < -0.4 is 10.5 Å². The molecule has 0 aromatic heterocycles. The molecule has 0 amide bonds. The standard InChI is InChI=1S/C12H7F4NO/c13-6-5-7(14)11(16)12(10(6)15)18-9-4-2-1-3-8(9)17/h1-5H,17H2. The lowest BCUT2D eigenvalue weighted by Crippen LogP contribution is -2.00. The van der Waals surface area contributed by atoms with Gasteiger partial charge in [0.1, 0.15) is 0 Å². The lowest BCUT2D eigenvalue weighted by atomic mass is 10.2. The highest BCUT2D eigenvalue weighted by atomic mass is 19.2. The van der Waals surface area contributed by atoms with Gasteiger partial charge in [-0.2, -0.15) is 8.78 Å². The summed E-state index contributed by atoms with van der Waals surface area (Å²) in [7, 11) is 0. The molecule has 0 atom stereocenters. The number of halogens is 4. The van der Waals surface area contributed by atoms with Gasteiger partial charge in [-0.3, -0.25) is 0 Å². The molecule has 0 heterocycles. The summed E-state index contributed by atoms with van der Waals surface area (Å²) in [6, 6.07) is 5.90. The Morgan fingerprint density at radius 1 is 0.889 bits per heavy atom. The van der Waals surface area contributed by atoms with Gasteiger partial charge in [0.05, 0.1) is 5.69 Å². The summed E-state index contributed by atoms with van der Waals surface area (Å²) in [5.41, 5.74) is 5.57. The first-order valence-corrected chi connectivity index (χ1v) is 4.86. The summed E-state index contributed by atoms with van der Waals surface area (Å²) in [4.78, 5) is 0. The minimum Gasteiger partial charge on any atom is -0.449 e. The van der Waals surface area contributed by atoms with E-state index in [1.165, 1.54) is 18.2 Å². The third kappa shape index (κ3) is 2.09. The van der Waals surface area contributed by atoms with Crippen LogP contribution in [0.15, 0.2) is 30.3 Å². The predicted octanol–water partition coefficient (Wildman–Crippen LogP) is 3.62. The number of rotatable bonds is 2. The van der Waals surface area contributed by atoms with E-state index in [0.717, 1.165) is 0 Å². The van der Waals surface area contributed by atoms with Crippen LogP contribution in [-0.4, -0.2) is 0 Å². The van der Waals surface area contributed by atoms with Gasteiger partial charge in [-0.05, 0) is 12.1 Å². The topological polar surface area (TPSA) is 35.2 Å². The van der Waals surface area contributed by atoms with Gasteiger partial charge in [-0.15, -0.1) is 0 Å². The van der Waals surface area contributed by atoms with Crippen molar-refractivity contribution in [3.63, 3.8) is 0 Å². The second-order valence-corrected chi connectivity index (χ2v) is 3.44. The van der Waals surface area contributed by atoms with Crippen molar-refractivity contribution in [3.8, 4) is 11.5 Å². The number of anilines is 1. The molecule has 2 nitrogen and oxygen atoms in total. The Kier molecular flexibility index (Phi) is 3.10. The van der Waals surface area contributed by atoms with Crippen molar-refractivity contribution in [2.75, 3.05) is 5.73 Å². The second-order valence-electron chi connectivity index (χ2n) is 3.44. The van der Waals surface area contributed by atoms with Gasteiger partial charge in [0.25, 0.3) is 0 Å².